The molecule has 38 heavy (non-hydrogen) atoms. The number of alkyl halides is 1. The molecule has 5 heterocycles. The number of rotatable bonds is 5. The molecule has 7 rings (SSSR count). The van der Waals surface area contributed by atoms with Crippen molar-refractivity contribution in [1.29, 1.82) is 0 Å². The van der Waals surface area contributed by atoms with E-state index in [1.54, 1.807) is 24.5 Å². The molecule has 10 nitrogen and oxygen atoms in total. The minimum absolute atomic E-state index is 0.0185. The molecule has 3 aromatic rings. The van der Waals surface area contributed by atoms with Crippen molar-refractivity contribution >= 4 is 5.95 Å². The number of phenolic OH excluding ortho intramolecular Hbond substituents is 1. The molecule has 1 aromatic carbocycles. The Hall–Kier alpha value is -3.60. The van der Waals surface area contributed by atoms with Crippen LogP contribution in [0.25, 0.3) is 22.5 Å². The van der Waals surface area contributed by atoms with Gasteiger partial charge in [-0.1, -0.05) is 6.07 Å². The first-order valence-electron chi connectivity index (χ1n) is 13.3. The van der Waals surface area contributed by atoms with Crippen LogP contribution >= 0.6 is 0 Å². The first-order valence-corrected chi connectivity index (χ1v) is 13.3. The number of fused-ring (bicyclic) bond motifs is 3. The Labute approximate surface area is 219 Å². The van der Waals surface area contributed by atoms with Crippen molar-refractivity contribution in [3.8, 4) is 40.0 Å². The number of nitrogens with zero attached hydrogens (tertiary/aromatic N) is 6. The van der Waals surface area contributed by atoms with E-state index < -0.39 is 11.7 Å². The molecule has 0 radical (unpaired) electrons. The zero-order valence-corrected chi connectivity index (χ0v) is 21.2. The quantitative estimate of drug-likeness (QED) is 0.519. The second kappa shape index (κ2) is 9.00. The molecule has 198 valence electrons. The Bertz CT molecular complexity index is 1350. The summed E-state index contributed by atoms with van der Waals surface area (Å²) in [6.45, 7) is 2.86. The minimum Gasteiger partial charge on any atom is -0.507 e. The highest BCUT2D eigenvalue weighted by molar-refractivity contribution is 5.72. The predicted octanol–water partition coefficient (Wildman–Crippen LogP) is 3.45. The highest BCUT2D eigenvalue weighted by Gasteiger charge is 2.52. The van der Waals surface area contributed by atoms with Crippen molar-refractivity contribution in [3.05, 3.63) is 30.6 Å². The average Bonchev–Trinajstić information content (AvgIpc) is 3.77. The van der Waals surface area contributed by atoms with Gasteiger partial charge in [0.1, 0.15) is 30.8 Å². The number of hydrogen-bond donors (Lipinski definition) is 2. The largest absolute Gasteiger partial charge is 0.507 e. The zero-order valence-electron chi connectivity index (χ0n) is 21.2. The number of halogens is 1. The molecule has 0 amide bonds. The normalized spacial score (nSPS) is 28.1. The number of nitrogens with one attached hydrogen (secondary N) is 1. The molecule has 2 aromatic heterocycles. The first kappa shape index (κ1) is 23.5. The summed E-state index contributed by atoms with van der Waals surface area (Å²) in [6.07, 6.45) is 7.90. The van der Waals surface area contributed by atoms with E-state index in [2.05, 4.69) is 35.4 Å². The fourth-order valence-corrected chi connectivity index (χ4v) is 6.13. The lowest BCUT2D eigenvalue weighted by Crippen LogP contribution is -2.69. The Balaban J connectivity index is 1.14. The molecular weight excluding hydrogens is 489 g/mol. The van der Waals surface area contributed by atoms with Gasteiger partial charge in [0.05, 0.1) is 24.1 Å². The van der Waals surface area contributed by atoms with Crippen LogP contribution in [0, 0.1) is 0 Å². The first-order chi connectivity index (χ1) is 18.5. The lowest BCUT2D eigenvalue weighted by Gasteiger charge is -2.52. The lowest BCUT2D eigenvalue weighted by atomic mass is 9.73. The van der Waals surface area contributed by atoms with Crippen LogP contribution in [-0.4, -0.2) is 73.3 Å². The van der Waals surface area contributed by atoms with E-state index in [0.29, 0.717) is 59.5 Å². The Morgan fingerprint density at radius 2 is 1.87 bits per heavy atom. The van der Waals surface area contributed by atoms with E-state index in [0.717, 1.165) is 38.5 Å². The van der Waals surface area contributed by atoms with Crippen LogP contribution in [-0.2, 0) is 0 Å². The molecule has 1 saturated carbocycles. The molecule has 4 aliphatic rings. The Morgan fingerprint density at radius 3 is 2.63 bits per heavy atom. The van der Waals surface area contributed by atoms with Gasteiger partial charge in [0.2, 0.25) is 5.95 Å². The van der Waals surface area contributed by atoms with Gasteiger partial charge in [-0.25, -0.2) is 19.3 Å². The topological polar surface area (TPSA) is 118 Å². The van der Waals surface area contributed by atoms with E-state index in [4.69, 9.17) is 9.47 Å². The Morgan fingerprint density at radius 1 is 1.05 bits per heavy atom. The number of benzene rings is 1. The van der Waals surface area contributed by atoms with Crippen molar-refractivity contribution in [2.45, 2.75) is 75.3 Å². The molecule has 0 unspecified atom stereocenters. The van der Waals surface area contributed by atoms with Crippen molar-refractivity contribution in [1.82, 2.24) is 30.5 Å². The standard InChI is InChI=1S/C27H30FN7O3/c1-27-8-2-3-16(32-27)12-21(23(27)28)35(17-5-6-17)26-30-14-20(33-34-26)18-7-4-15(11-22(18)36)19-13-29-24-25(31-19)38-10-9-37-24/h4,7,11,13-14,16-17,21,23,32,36H,2-3,5-6,8-10,12H2,1H3/t16-,21-,23-,27+/m0/s1. The highest BCUT2D eigenvalue weighted by Crippen LogP contribution is 2.42. The molecule has 0 spiro atoms. The van der Waals surface area contributed by atoms with E-state index >= 15 is 4.39 Å². The van der Waals surface area contributed by atoms with Crippen molar-refractivity contribution in [3.63, 3.8) is 0 Å². The smallest absolute Gasteiger partial charge is 0.278 e. The number of piperidine rings is 2. The zero-order chi connectivity index (χ0) is 25.9. The molecule has 3 fully saturated rings. The van der Waals surface area contributed by atoms with Crippen molar-refractivity contribution in [2.75, 3.05) is 18.1 Å². The summed E-state index contributed by atoms with van der Waals surface area (Å²) in [4.78, 5) is 15.4. The maximum absolute atomic E-state index is 15.9. The molecule has 4 atom stereocenters. The van der Waals surface area contributed by atoms with Crippen LogP contribution < -0.4 is 19.7 Å². The molecule has 1 aliphatic carbocycles. The van der Waals surface area contributed by atoms with E-state index in [9.17, 15) is 5.11 Å². The Kier molecular flexibility index (Phi) is 5.57. The van der Waals surface area contributed by atoms with Gasteiger partial charge < -0.3 is 24.8 Å². The van der Waals surface area contributed by atoms with Gasteiger partial charge in [0.25, 0.3) is 11.8 Å². The average molecular weight is 520 g/mol. The summed E-state index contributed by atoms with van der Waals surface area (Å²) in [5.41, 5.74) is 1.65. The summed E-state index contributed by atoms with van der Waals surface area (Å²) < 4.78 is 26.8. The molecular formula is C27H30FN7O3. The molecule has 11 heteroatoms. The van der Waals surface area contributed by atoms with Gasteiger partial charge in [-0.15, -0.1) is 10.2 Å². The van der Waals surface area contributed by atoms with Crippen molar-refractivity contribution < 1.29 is 19.0 Å². The van der Waals surface area contributed by atoms with Gasteiger partial charge in [0, 0.05) is 28.7 Å². The number of ether oxygens (including phenoxy) is 2. The second-order valence-corrected chi connectivity index (χ2v) is 10.9. The highest BCUT2D eigenvalue weighted by atomic mass is 19.1. The van der Waals surface area contributed by atoms with Crippen LogP contribution in [0.1, 0.15) is 45.4 Å². The van der Waals surface area contributed by atoms with Crippen LogP contribution in [0.2, 0.25) is 0 Å². The van der Waals surface area contributed by atoms with E-state index in [1.807, 2.05) is 13.0 Å². The van der Waals surface area contributed by atoms with Gasteiger partial charge in [-0.3, -0.25) is 0 Å². The van der Waals surface area contributed by atoms with Crippen LogP contribution in [0.5, 0.6) is 17.5 Å². The number of phenols is 1. The van der Waals surface area contributed by atoms with Gasteiger partial charge in [-0.05, 0) is 57.6 Å². The maximum Gasteiger partial charge on any atom is 0.278 e. The van der Waals surface area contributed by atoms with Crippen LogP contribution in [0.15, 0.2) is 30.6 Å². The van der Waals surface area contributed by atoms with Gasteiger partial charge >= 0.3 is 0 Å². The molecule has 2 N–H and O–H groups in total. The lowest BCUT2D eigenvalue weighted by molar-refractivity contribution is 0.0383. The van der Waals surface area contributed by atoms with Gasteiger partial charge in [-0.2, -0.15) is 0 Å². The van der Waals surface area contributed by atoms with E-state index in [-0.39, 0.29) is 17.8 Å². The van der Waals surface area contributed by atoms with Crippen molar-refractivity contribution in [2.24, 2.45) is 0 Å². The summed E-state index contributed by atoms with van der Waals surface area (Å²) in [5.74, 6) is 1.17. The van der Waals surface area contributed by atoms with Gasteiger partial charge in [0.15, 0.2) is 0 Å². The number of aromatic nitrogens is 5. The fourth-order valence-electron chi connectivity index (χ4n) is 6.13. The van der Waals surface area contributed by atoms with Crippen LogP contribution in [0.3, 0.4) is 0 Å². The minimum atomic E-state index is -1.01. The maximum atomic E-state index is 15.9. The fraction of sp³-hybridized carbons (Fsp3) is 0.519. The SMILES string of the molecule is C[C@@]12CCC[C@@H](C[C@H](N(c3ncc(-c4ccc(-c5cnc6c(n5)OCCO6)cc4O)nn3)C3CC3)[C@@H]1F)N2. The number of aromatic hydroxyl groups is 1. The monoisotopic (exact) mass is 519 g/mol. The second-order valence-electron chi connectivity index (χ2n) is 10.9. The predicted molar refractivity (Wildman–Crippen MR) is 137 cm³/mol. The summed E-state index contributed by atoms with van der Waals surface area (Å²) >= 11 is 0. The third-order valence-corrected chi connectivity index (χ3v) is 8.17. The number of hydrogen-bond acceptors (Lipinski definition) is 10. The molecule has 2 saturated heterocycles. The third-order valence-electron chi connectivity index (χ3n) is 8.17. The van der Waals surface area contributed by atoms with Crippen LogP contribution in [0.4, 0.5) is 10.3 Å². The summed E-state index contributed by atoms with van der Waals surface area (Å²) in [7, 11) is 0. The third kappa shape index (κ3) is 4.09. The number of anilines is 1. The molecule has 3 aliphatic heterocycles. The summed E-state index contributed by atoms with van der Waals surface area (Å²) in [5, 5.41) is 23.2. The molecule has 2 bridgehead atoms. The summed E-state index contributed by atoms with van der Waals surface area (Å²) in [6, 6.07) is 5.46. The van der Waals surface area contributed by atoms with E-state index in [1.165, 1.54) is 0 Å².